The third kappa shape index (κ3) is 6.24. The Morgan fingerprint density at radius 2 is 1.80 bits per heavy atom. The van der Waals surface area contributed by atoms with E-state index < -0.39 is 6.09 Å². The molecule has 0 aliphatic carbocycles. The number of benzene rings is 3. The number of fused-ring (bicyclic) bond motifs is 1. The fourth-order valence-electron chi connectivity index (χ4n) is 3.53. The Balaban J connectivity index is 1.41. The highest BCUT2D eigenvalue weighted by molar-refractivity contribution is 6.30. The Hall–Kier alpha value is -4.17. The van der Waals surface area contributed by atoms with Gasteiger partial charge in [-0.3, -0.25) is 9.59 Å². The van der Waals surface area contributed by atoms with Gasteiger partial charge in [0.2, 0.25) is 0 Å². The predicted molar refractivity (Wildman–Crippen MR) is 135 cm³/mol. The molecule has 4 rings (SSSR count). The van der Waals surface area contributed by atoms with Gasteiger partial charge in [-0.1, -0.05) is 41.9 Å². The molecule has 0 unspecified atom stereocenters. The van der Waals surface area contributed by atoms with Crippen molar-refractivity contribution in [3.63, 3.8) is 0 Å². The number of carbonyl (C=O) groups is 2. The van der Waals surface area contributed by atoms with E-state index in [1.54, 1.807) is 47.4 Å². The molecule has 1 heterocycles. The zero-order valence-corrected chi connectivity index (χ0v) is 19.5. The third-order valence-corrected chi connectivity index (χ3v) is 5.56. The van der Waals surface area contributed by atoms with Crippen molar-refractivity contribution in [1.29, 1.82) is 0 Å². The summed E-state index contributed by atoms with van der Waals surface area (Å²) in [6.07, 6.45) is 1.27. The summed E-state index contributed by atoms with van der Waals surface area (Å²) in [7, 11) is 0. The Bertz CT molecular complexity index is 1370. The SMILES string of the molecule is O=C(NCCCN(C(=O)c1ccc2c(=O)[nH]cnc2c1)c1ccc(Cl)cc1)OCc1ccccc1. The number of nitrogens with zero attached hydrogens (tertiary/aromatic N) is 2. The molecule has 0 saturated heterocycles. The lowest BCUT2D eigenvalue weighted by atomic mass is 10.1. The predicted octanol–water partition coefficient (Wildman–Crippen LogP) is 4.54. The Kier molecular flexibility index (Phi) is 7.74. The average Bonchev–Trinajstić information content (AvgIpc) is 2.88. The van der Waals surface area contributed by atoms with E-state index >= 15 is 0 Å². The van der Waals surface area contributed by atoms with Crippen LogP contribution in [0.4, 0.5) is 10.5 Å². The maximum atomic E-state index is 13.4. The van der Waals surface area contributed by atoms with Crippen LogP contribution < -0.4 is 15.8 Å². The molecule has 178 valence electrons. The Labute approximate surface area is 206 Å². The number of anilines is 1. The van der Waals surface area contributed by atoms with Gasteiger partial charge in [-0.2, -0.15) is 0 Å². The van der Waals surface area contributed by atoms with Crippen molar-refractivity contribution in [3.8, 4) is 0 Å². The van der Waals surface area contributed by atoms with Crippen molar-refractivity contribution < 1.29 is 14.3 Å². The molecular weight excluding hydrogens is 468 g/mol. The lowest BCUT2D eigenvalue weighted by Gasteiger charge is -2.23. The second-order valence-corrected chi connectivity index (χ2v) is 8.18. The molecule has 35 heavy (non-hydrogen) atoms. The van der Waals surface area contributed by atoms with Crippen molar-refractivity contribution in [2.75, 3.05) is 18.0 Å². The minimum atomic E-state index is -0.524. The molecule has 8 nitrogen and oxygen atoms in total. The van der Waals surface area contributed by atoms with Gasteiger partial charge in [-0.25, -0.2) is 9.78 Å². The summed E-state index contributed by atoms with van der Waals surface area (Å²) in [4.78, 5) is 45.7. The zero-order chi connectivity index (χ0) is 24.6. The van der Waals surface area contributed by atoms with E-state index in [9.17, 15) is 14.4 Å². The minimum Gasteiger partial charge on any atom is -0.445 e. The number of carbonyl (C=O) groups excluding carboxylic acids is 2. The maximum absolute atomic E-state index is 13.4. The summed E-state index contributed by atoms with van der Waals surface area (Å²) in [5.41, 5.74) is 2.10. The molecule has 0 spiro atoms. The molecule has 0 saturated carbocycles. The van der Waals surface area contributed by atoms with E-state index in [2.05, 4.69) is 15.3 Å². The number of hydrogen-bond donors (Lipinski definition) is 2. The highest BCUT2D eigenvalue weighted by Crippen LogP contribution is 2.21. The van der Waals surface area contributed by atoms with Gasteiger partial charge in [0.15, 0.2) is 0 Å². The van der Waals surface area contributed by atoms with Crippen molar-refractivity contribution in [3.05, 3.63) is 106 Å². The summed E-state index contributed by atoms with van der Waals surface area (Å²) in [6.45, 7) is 0.834. The summed E-state index contributed by atoms with van der Waals surface area (Å²) < 4.78 is 5.22. The molecule has 0 fully saturated rings. The molecule has 3 aromatic carbocycles. The van der Waals surface area contributed by atoms with E-state index in [4.69, 9.17) is 16.3 Å². The molecule has 0 radical (unpaired) electrons. The van der Waals surface area contributed by atoms with Gasteiger partial charge in [0.1, 0.15) is 6.61 Å². The van der Waals surface area contributed by atoms with Crippen LogP contribution >= 0.6 is 11.6 Å². The Morgan fingerprint density at radius 3 is 2.57 bits per heavy atom. The fraction of sp³-hybridized carbons (Fsp3) is 0.154. The van der Waals surface area contributed by atoms with Crippen LogP contribution in [0, 0.1) is 0 Å². The van der Waals surface area contributed by atoms with E-state index in [0.717, 1.165) is 5.56 Å². The van der Waals surface area contributed by atoms with Crippen LogP contribution in [0.25, 0.3) is 10.9 Å². The smallest absolute Gasteiger partial charge is 0.407 e. The number of rotatable bonds is 8. The molecule has 2 amide bonds. The average molecular weight is 491 g/mol. The summed E-state index contributed by atoms with van der Waals surface area (Å²) >= 11 is 6.02. The van der Waals surface area contributed by atoms with E-state index in [1.165, 1.54) is 6.33 Å². The monoisotopic (exact) mass is 490 g/mol. The lowest BCUT2D eigenvalue weighted by molar-refractivity contribution is 0.0987. The van der Waals surface area contributed by atoms with Gasteiger partial charge in [-0.15, -0.1) is 0 Å². The fourth-order valence-corrected chi connectivity index (χ4v) is 3.65. The molecule has 0 aliphatic rings. The topological polar surface area (TPSA) is 104 Å². The standard InChI is InChI=1S/C26H23ClN4O4/c27-20-8-10-21(11-9-20)31(14-4-13-28-26(34)35-16-18-5-2-1-3-6-18)25(33)19-7-12-22-23(15-19)29-17-30-24(22)32/h1-3,5-12,15,17H,4,13-14,16H2,(H,28,34)(H,29,30,32). The van der Waals surface area contributed by atoms with Gasteiger partial charge in [0.05, 0.1) is 17.2 Å². The van der Waals surface area contributed by atoms with Gasteiger partial charge in [0.25, 0.3) is 11.5 Å². The van der Waals surface area contributed by atoms with E-state index in [0.29, 0.717) is 46.7 Å². The van der Waals surface area contributed by atoms with Crippen molar-refractivity contribution in [2.45, 2.75) is 13.0 Å². The quantitative estimate of drug-likeness (QED) is 0.353. The number of ether oxygens (including phenoxy) is 1. The molecule has 2 N–H and O–H groups in total. The molecule has 4 aromatic rings. The van der Waals surface area contributed by atoms with Gasteiger partial charge in [-0.05, 0) is 54.4 Å². The number of aromatic nitrogens is 2. The Morgan fingerprint density at radius 1 is 1.03 bits per heavy atom. The zero-order valence-electron chi connectivity index (χ0n) is 18.7. The number of H-pyrrole nitrogens is 1. The molecule has 0 aliphatic heterocycles. The second-order valence-electron chi connectivity index (χ2n) is 7.74. The van der Waals surface area contributed by atoms with Crippen LogP contribution in [0.3, 0.4) is 0 Å². The first-order valence-corrected chi connectivity index (χ1v) is 11.4. The first kappa shape index (κ1) is 24.0. The van der Waals surface area contributed by atoms with Crippen molar-refractivity contribution in [2.24, 2.45) is 0 Å². The molecular formula is C26H23ClN4O4. The number of alkyl carbamates (subject to hydrolysis) is 1. The molecule has 9 heteroatoms. The molecule has 0 bridgehead atoms. The summed E-state index contributed by atoms with van der Waals surface area (Å²) in [6, 6.07) is 21.1. The van der Waals surface area contributed by atoms with Crippen LogP contribution in [-0.4, -0.2) is 35.1 Å². The molecule has 1 aromatic heterocycles. The van der Waals surface area contributed by atoms with Crippen molar-refractivity contribution >= 4 is 40.2 Å². The van der Waals surface area contributed by atoms with Crippen LogP contribution in [0.2, 0.25) is 5.02 Å². The highest BCUT2D eigenvalue weighted by Gasteiger charge is 2.19. The number of nitrogens with one attached hydrogen (secondary N) is 2. The molecule has 0 atom stereocenters. The summed E-state index contributed by atoms with van der Waals surface area (Å²) in [5, 5.41) is 3.67. The second kappa shape index (κ2) is 11.3. The van der Waals surface area contributed by atoms with Crippen LogP contribution in [0.5, 0.6) is 0 Å². The number of amides is 2. The van der Waals surface area contributed by atoms with Gasteiger partial charge in [0, 0.05) is 29.4 Å². The number of hydrogen-bond acceptors (Lipinski definition) is 5. The van der Waals surface area contributed by atoms with Crippen molar-refractivity contribution in [1.82, 2.24) is 15.3 Å². The largest absolute Gasteiger partial charge is 0.445 e. The first-order valence-electron chi connectivity index (χ1n) is 11.0. The maximum Gasteiger partial charge on any atom is 0.407 e. The van der Waals surface area contributed by atoms with Gasteiger partial charge < -0.3 is 19.9 Å². The van der Waals surface area contributed by atoms with E-state index in [-0.39, 0.29) is 18.1 Å². The minimum absolute atomic E-state index is 0.181. The van der Waals surface area contributed by atoms with Gasteiger partial charge >= 0.3 is 6.09 Å². The lowest BCUT2D eigenvalue weighted by Crippen LogP contribution is -2.34. The first-order chi connectivity index (χ1) is 17.0. The van der Waals surface area contributed by atoms with Crippen LogP contribution in [0.15, 0.2) is 83.9 Å². The third-order valence-electron chi connectivity index (χ3n) is 5.31. The number of aromatic amines is 1. The number of halogens is 1. The normalized spacial score (nSPS) is 10.7. The van der Waals surface area contributed by atoms with Crippen LogP contribution in [-0.2, 0) is 11.3 Å². The van der Waals surface area contributed by atoms with E-state index in [1.807, 2.05) is 30.3 Å². The summed E-state index contributed by atoms with van der Waals surface area (Å²) in [5.74, 6) is -0.261. The highest BCUT2D eigenvalue weighted by atomic mass is 35.5. The van der Waals surface area contributed by atoms with Crippen LogP contribution in [0.1, 0.15) is 22.3 Å².